The van der Waals surface area contributed by atoms with E-state index in [4.69, 9.17) is 14.6 Å². The van der Waals surface area contributed by atoms with Crippen molar-refractivity contribution in [1.82, 2.24) is 0 Å². The quantitative estimate of drug-likeness (QED) is 0.919. The summed E-state index contributed by atoms with van der Waals surface area (Å²) in [6.07, 6.45) is 0.0438. The summed E-state index contributed by atoms with van der Waals surface area (Å²) in [6.45, 7) is 2.78. The third-order valence-electron chi connectivity index (χ3n) is 3.94. The molecule has 1 unspecified atom stereocenters. The van der Waals surface area contributed by atoms with E-state index in [1.54, 1.807) is 0 Å². The first-order chi connectivity index (χ1) is 10.6. The van der Waals surface area contributed by atoms with Crippen molar-refractivity contribution in [3.05, 3.63) is 59.7 Å². The number of carboxylic acid groups (broad SMARTS) is 1. The smallest absolute Gasteiger partial charge is 0.304 e. The number of ether oxygens (including phenoxy) is 2. The zero-order valence-corrected chi connectivity index (χ0v) is 12.4. The van der Waals surface area contributed by atoms with Crippen molar-refractivity contribution >= 4 is 5.97 Å². The van der Waals surface area contributed by atoms with Gasteiger partial charge in [0.1, 0.15) is 18.1 Å². The Morgan fingerprint density at radius 2 is 2.05 bits per heavy atom. The van der Waals surface area contributed by atoms with Crippen LogP contribution in [-0.2, 0) is 16.8 Å². The van der Waals surface area contributed by atoms with Gasteiger partial charge in [-0.1, -0.05) is 37.3 Å². The van der Waals surface area contributed by atoms with Crippen LogP contribution < -0.4 is 9.47 Å². The van der Waals surface area contributed by atoms with Gasteiger partial charge in [0.05, 0.1) is 13.0 Å². The summed E-state index contributed by atoms with van der Waals surface area (Å²) < 4.78 is 11.4. The number of carbonyl (C=O) groups is 1. The van der Waals surface area contributed by atoms with Crippen LogP contribution in [0.2, 0.25) is 0 Å². The molecule has 0 saturated carbocycles. The lowest BCUT2D eigenvalue weighted by Gasteiger charge is -2.20. The van der Waals surface area contributed by atoms with Crippen LogP contribution in [0, 0.1) is 0 Å². The molecule has 0 spiro atoms. The van der Waals surface area contributed by atoms with Crippen molar-refractivity contribution in [3.8, 4) is 11.5 Å². The highest BCUT2D eigenvalue weighted by Crippen LogP contribution is 2.42. The summed E-state index contributed by atoms with van der Waals surface area (Å²) in [5, 5.41) is 9.10. The van der Waals surface area contributed by atoms with E-state index in [9.17, 15) is 4.79 Å². The highest BCUT2D eigenvalue weighted by molar-refractivity contribution is 5.70. The molecule has 1 atom stereocenters. The fourth-order valence-electron chi connectivity index (χ4n) is 2.73. The van der Waals surface area contributed by atoms with Gasteiger partial charge in [-0.25, -0.2) is 0 Å². The first-order valence-electron chi connectivity index (χ1n) is 7.23. The lowest BCUT2D eigenvalue weighted by molar-refractivity contribution is -0.138. The molecular weight excluding hydrogens is 280 g/mol. The minimum absolute atomic E-state index is 0.0438. The van der Waals surface area contributed by atoms with E-state index in [1.807, 2.05) is 55.5 Å². The second kappa shape index (κ2) is 5.72. The number of aliphatic carboxylic acids is 1. The van der Waals surface area contributed by atoms with Gasteiger partial charge >= 0.3 is 5.97 Å². The number of benzene rings is 2. The van der Waals surface area contributed by atoms with Crippen LogP contribution in [0.25, 0.3) is 0 Å². The largest absolute Gasteiger partial charge is 0.492 e. The van der Waals surface area contributed by atoms with E-state index < -0.39 is 11.4 Å². The second-order valence-corrected chi connectivity index (χ2v) is 5.85. The van der Waals surface area contributed by atoms with E-state index in [2.05, 4.69) is 0 Å². The van der Waals surface area contributed by atoms with E-state index >= 15 is 0 Å². The highest BCUT2D eigenvalue weighted by Gasteiger charge is 2.38. The maximum absolute atomic E-state index is 11.1. The van der Waals surface area contributed by atoms with Crippen molar-refractivity contribution in [1.29, 1.82) is 0 Å². The maximum Gasteiger partial charge on any atom is 0.304 e. The van der Waals surface area contributed by atoms with Gasteiger partial charge in [0.2, 0.25) is 0 Å². The Morgan fingerprint density at radius 3 is 2.77 bits per heavy atom. The molecule has 2 aromatic carbocycles. The SMILES string of the molecule is CC1(CC(=O)O)COc2ccc(OCc3ccccc3)cc21. The van der Waals surface area contributed by atoms with E-state index in [0.29, 0.717) is 13.2 Å². The Hall–Kier alpha value is -2.49. The van der Waals surface area contributed by atoms with Crippen LogP contribution in [0.1, 0.15) is 24.5 Å². The zero-order valence-electron chi connectivity index (χ0n) is 12.4. The third kappa shape index (κ3) is 2.91. The Bertz CT molecular complexity index is 681. The van der Waals surface area contributed by atoms with Crippen LogP contribution in [0.3, 0.4) is 0 Å². The topological polar surface area (TPSA) is 55.8 Å². The molecule has 1 aliphatic rings. The van der Waals surface area contributed by atoms with Crippen molar-refractivity contribution in [3.63, 3.8) is 0 Å². The van der Waals surface area contributed by atoms with Gasteiger partial charge in [0.25, 0.3) is 0 Å². The summed E-state index contributed by atoms with van der Waals surface area (Å²) in [4.78, 5) is 11.1. The van der Waals surface area contributed by atoms with Crippen molar-refractivity contribution < 1.29 is 19.4 Å². The van der Waals surface area contributed by atoms with E-state index in [0.717, 1.165) is 22.6 Å². The highest BCUT2D eigenvalue weighted by atomic mass is 16.5. The van der Waals surface area contributed by atoms with Crippen molar-refractivity contribution in [2.24, 2.45) is 0 Å². The standard InChI is InChI=1S/C18H18O4/c1-18(10-17(19)20)12-22-16-8-7-14(9-15(16)18)21-11-13-5-3-2-4-6-13/h2-9H,10-12H2,1H3,(H,19,20). The molecule has 114 valence electrons. The molecule has 3 rings (SSSR count). The minimum Gasteiger partial charge on any atom is -0.492 e. The Morgan fingerprint density at radius 1 is 1.27 bits per heavy atom. The molecule has 0 saturated heterocycles. The molecule has 2 aromatic rings. The molecule has 4 heteroatoms. The summed E-state index contributed by atoms with van der Waals surface area (Å²) in [7, 11) is 0. The lowest BCUT2D eigenvalue weighted by atomic mass is 9.81. The minimum atomic E-state index is -0.824. The van der Waals surface area contributed by atoms with Gasteiger partial charge in [0, 0.05) is 11.0 Å². The van der Waals surface area contributed by atoms with Gasteiger partial charge in [-0.2, -0.15) is 0 Å². The Kier molecular flexibility index (Phi) is 3.75. The van der Waals surface area contributed by atoms with Crippen LogP contribution >= 0.6 is 0 Å². The molecule has 1 N–H and O–H groups in total. The Balaban J connectivity index is 1.78. The second-order valence-electron chi connectivity index (χ2n) is 5.85. The molecule has 22 heavy (non-hydrogen) atoms. The fourth-order valence-corrected chi connectivity index (χ4v) is 2.73. The number of hydrogen-bond acceptors (Lipinski definition) is 3. The number of fused-ring (bicyclic) bond motifs is 1. The number of hydrogen-bond donors (Lipinski definition) is 1. The molecule has 0 fully saturated rings. The lowest BCUT2D eigenvalue weighted by Crippen LogP contribution is -2.27. The molecular formula is C18H18O4. The molecule has 0 radical (unpaired) electrons. The molecule has 0 aliphatic carbocycles. The van der Waals surface area contributed by atoms with Crippen LogP contribution in [0.4, 0.5) is 0 Å². The van der Waals surface area contributed by atoms with Crippen molar-refractivity contribution in [2.45, 2.75) is 25.4 Å². The fraction of sp³-hybridized carbons (Fsp3) is 0.278. The average Bonchev–Trinajstić information content (AvgIpc) is 2.82. The summed E-state index contributed by atoms with van der Waals surface area (Å²) in [5.74, 6) is 0.648. The van der Waals surface area contributed by atoms with E-state index in [-0.39, 0.29) is 6.42 Å². The molecule has 1 aliphatic heterocycles. The molecule has 0 amide bonds. The summed E-state index contributed by atoms with van der Waals surface area (Å²) in [5.41, 5.74) is 1.49. The van der Waals surface area contributed by atoms with Crippen LogP contribution in [0.15, 0.2) is 48.5 Å². The first kappa shape index (κ1) is 14.4. The van der Waals surface area contributed by atoms with Crippen LogP contribution in [0.5, 0.6) is 11.5 Å². The van der Waals surface area contributed by atoms with Gasteiger partial charge in [-0.05, 0) is 23.8 Å². The van der Waals surface area contributed by atoms with Gasteiger partial charge in [-0.15, -0.1) is 0 Å². The summed E-state index contributed by atoms with van der Waals surface area (Å²) in [6, 6.07) is 15.5. The zero-order chi connectivity index (χ0) is 15.6. The third-order valence-corrected chi connectivity index (χ3v) is 3.94. The first-order valence-corrected chi connectivity index (χ1v) is 7.23. The molecule has 1 heterocycles. The summed E-state index contributed by atoms with van der Waals surface area (Å²) >= 11 is 0. The van der Waals surface area contributed by atoms with Gasteiger partial charge < -0.3 is 14.6 Å². The van der Waals surface area contributed by atoms with Gasteiger partial charge in [0.15, 0.2) is 0 Å². The predicted molar refractivity (Wildman–Crippen MR) is 82.3 cm³/mol. The van der Waals surface area contributed by atoms with E-state index in [1.165, 1.54) is 0 Å². The average molecular weight is 298 g/mol. The molecule has 0 bridgehead atoms. The number of carboxylic acids is 1. The monoisotopic (exact) mass is 298 g/mol. The molecule has 0 aromatic heterocycles. The predicted octanol–water partition coefficient (Wildman–Crippen LogP) is 3.39. The van der Waals surface area contributed by atoms with Crippen LogP contribution in [-0.4, -0.2) is 17.7 Å². The normalized spacial score (nSPS) is 19.3. The maximum atomic E-state index is 11.1. The van der Waals surface area contributed by atoms with Gasteiger partial charge in [-0.3, -0.25) is 4.79 Å². The van der Waals surface area contributed by atoms with Crippen molar-refractivity contribution in [2.75, 3.05) is 6.61 Å². The Labute approximate surface area is 129 Å². The number of rotatable bonds is 5. The molecule has 4 nitrogen and oxygen atoms in total.